The van der Waals surface area contributed by atoms with Gasteiger partial charge in [-0.1, -0.05) is 0 Å². The first-order valence-corrected chi connectivity index (χ1v) is 3.53. The SMILES string of the molecule is CCN(CC)C(=S)N=C=O. The van der Waals surface area contributed by atoms with Gasteiger partial charge in [0.05, 0.1) is 0 Å². The van der Waals surface area contributed by atoms with Crippen molar-refractivity contribution in [2.45, 2.75) is 13.8 Å². The average Bonchev–Trinajstić information content (AvgIpc) is 1.91. The van der Waals surface area contributed by atoms with E-state index >= 15 is 0 Å². The summed E-state index contributed by atoms with van der Waals surface area (Å²) in [7, 11) is 0. The highest BCUT2D eigenvalue weighted by molar-refractivity contribution is 7.80. The minimum atomic E-state index is 0.319. The molecule has 0 aromatic rings. The summed E-state index contributed by atoms with van der Waals surface area (Å²) in [5.74, 6) is 0. The molecule has 56 valence electrons. The molecule has 0 rings (SSSR count). The number of thiocarbonyl (C=S) groups is 1. The Balaban J connectivity index is 4.01. The summed E-state index contributed by atoms with van der Waals surface area (Å²) in [5.41, 5.74) is 0. The monoisotopic (exact) mass is 158 g/mol. The van der Waals surface area contributed by atoms with Crippen LogP contribution in [0.1, 0.15) is 13.8 Å². The molecule has 0 aliphatic rings. The minimum absolute atomic E-state index is 0.319. The number of hydrogen-bond donors (Lipinski definition) is 0. The molecule has 0 aromatic heterocycles. The van der Waals surface area contributed by atoms with Crippen LogP contribution < -0.4 is 0 Å². The van der Waals surface area contributed by atoms with Crippen molar-refractivity contribution >= 4 is 23.4 Å². The number of aliphatic imine (C=N–C) groups is 1. The number of carbonyl (C=O) groups excluding carboxylic acids is 1. The van der Waals surface area contributed by atoms with E-state index in [1.54, 1.807) is 4.90 Å². The maximum Gasteiger partial charge on any atom is 0.242 e. The minimum Gasteiger partial charge on any atom is -0.347 e. The molecule has 4 heteroatoms. The Hall–Kier alpha value is -0.730. The lowest BCUT2D eigenvalue weighted by Crippen LogP contribution is -2.27. The van der Waals surface area contributed by atoms with E-state index in [2.05, 4.69) is 4.99 Å². The van der Waals surface area contributed by atoms with Crippen LogP contribution in [0.5, 0.6) is 0 Å². The lowest BCUT2D eigenvalue weighted by molar-refractivity contribution is 0.468. The van der Waals surface area contributed by atoms with Gasteiger partial charge in [0.1, 0.15) is 0 Å². The molecule has 0 aliphatic heterocycles. The van der Waals surface area contributed by atoms with Crippen molar-refractivity contribution in [1.29, 1.82) is 0 Å². The lowest BCUT2D eigenvalue weighted by atomic mass is 10.5. The highest BCUT2D eigenvalue weighted by Gasteiger charge is 2.00. The Kier molecular flexibility index (Phi) is 4.72. The van der Waals surface area contributed by atoms with Gasteiger partial charge in [0, 0.05) is 13.1 Å². The van der Waals surface area contributed by atoms with Gasteiger partial charge in [-0.25, -0.2) is 4.79 Å². The number of nitrogens with zero attached hydrogens (tertiary/aromatic N) is 2. The third kappa shape index (κ3) is 2.71. The zero-order valence-electron chi connectivity index (χ0n) is 6.13. The number of rotatable bonds is 2. The Labute approximate surface area is 65.7 Å². The van der Waals surface area contributed by atoms with Crippen LogP contribution in [-0.4, -0.2) is 29.2 Å². The van der Waals surface area contributed by atoms with Crippen molar-refractivity contribution in [2.24, 2.45) is 4.99 Å². The van der Waals surface area contributed by atoms with E-state index in [1.165, 1.54) is 6.08 Å². The maximum absolute atomic E-state index is 9.75. The van der Waals surface area contributed by atoms with Crippen LogP contribution in [0.25, 0.3) is 0 Å². The molecule has 3 nitrogen and oxygen atoms in total. The van der Waals surface area contributed by atoms with E-state index in [-0.39, 0.29) is 0 Å². The molecule has 0 N–H and O–H groups in total. The quantitative estimate of drug-likeness (QED) is 0.341. The number of isocyanates is 1. The molecule has 0 unspecified atom stereocenters. The van der Waals surface area contributed by atoms with Crippen molar-refractivity contribution in [3.05, 3.63) is 0 Å². The average molecular weight is 158 g/mol. The number of hydrogen-bond acceptors (Lipinski definition) is 2. The Morgan fingerprint density at radius 2 is 2.10 bits per heavy atom. The van der Waals surface area contributed by atoms with Gasteiger partial charge < -0.3 is 4.90 Å². The maximum atomic E-state index is 9.75. The zero-order chi connectivity index (χ0) is 7.98. The topological polar surface area (TPSA) is 32.7 Å². The summed E-state index contributed by atoms with van der Waals surface area (Å²) in [6.07, 6.45) is 1.41. The molecule has 0 spiro atoms. The normalized spacial score (nSPS) is 8.20. The Morgan fingerprint density at radius 3 is 2.40 bits per heavy atom. The summed E-state index contributed by atoms with van der Waals surface area (Å²) >= 11 is 4.77. The van der Waals surface area contributed by atoms with Crippen LogP contribution in [0.2, 0.25) is 0 Å². The fourth-order valence-corrected chi connectivity index (χ4v) is 0.899. The van der Waals surface area contributed by atoms with Crippen molar-refractivity contribution in [3.8, 4) is 0 Å². The summed E-state index contributed by atoms with van der Waals surface area (Å²) in [5, 5.41) is 0.319. The first kappa shape index (κ1) is 9.27. The largest absolute Gasteiger partial charge is 0.347 e. The third-order valence-corrected chi connectivity index (χ3v) is 1.52. The molecule has 0 saturated heterocycles. The standard InChI is InChI=1S/C6H10N2OS/c1-3-8(4-2)6(10)7-5-9/h3-4H2,1-2H3. The van der Waals surface area contributed by atoms with Crippen molar-refractivity contribution in [2.75, 3.05) is 13.1 Å². The summed E-state index contributed by atoms with van der Waals surface area (Å²) in [4.78, 5) is 14.9. The molecular formula is C6H10N2OS. The van der Waals surface area contributed by atoms with E-state index in [4.69, 9.17) is 12.2 Å². The van der Waals surface area contributed by atoms with E-state index < -0.39 is 0 Å². The van der Waals surface area contributed by atoms with Crippen LogP contribution in [-0.2, 0) is 4.79 Å². The van der Waals surface area contributed by atoms with Gasteiger partial charge in [-0.15, -0.1) is 4.99 Å². The van der Waals surface area contributed by atoms with E-state index in [0.29, 0.717) is 5.11 Å². The second kappa shape index (κ2) is 5.09. The molecule has 0 saturated carbocycles. The molecule has 0 bridgehead atoms. The van der Waals surface area contributed by atoms with Crippen LogP contribution in [0.15, 0.2) is 4.99 Å². The van der Waals surface area contributed by atoms with E-state index in [9.17, 15) is 4.79 Å². The molecular weight excluding hydrogens is 148 g/mol. The van der Waals surface area contributed by atoms with Crippen LogP contribution >= 0.6 is 12.2 Å². The molecule has 0 aromatic carbocycles. The van der Waals surface area contributed by atoms with Gasteiger partial charge in [-0.2, -0.15) is 0 Å². The molecule has 0 amide bonds. The molecule has 0 atom stereocenters. The first-order valence-electron chi connectivity index (χ1n) is 3.13. The van der Waals surface area contributed by atoms with Gasteiger partial charge in [-0.05, 0) is 26.1 Å². The molecule has 0 radical (unpaired) electrons. The predicted molar refractivity (Wildman–Crippen MR) is 43.6 cm³/mol. The second-order valence-electron chi connectivity index (χ2n) is 1.66. The fourth-order valence-electron chi connectivity index (χ4n) is 0.604. The molecule has 0 aliphatic carbocycles. The Bertz CT molecular complexity index is 159. The van der Waals surface area contributed by atoms with E-state index in [1.807, 2.05) is 13.8 Å². The predicted octanol–water partition coefficient (Wildman–Crippen LogP) is 0.949. The molecule has 10 heavy (non-hydrogen) atoms. The summed E-state index contributed by atoms with van der Waals surface area (Å²) < 4.78 is 0. The van der Waals surface area contributed by atoms with Crippen LogP contribution in [0.4, 0.5) is 0 Å². The molecule has 0 heterocycles. The van der Waals surface area contributed by atoms with Gasteiger partial charge in [0.25, 0.3) is 0 Å². The van der Waals surface area contributed by atoms with Crippen molar-refractivity contribution in [1.82, 2.24) is 4.90 Å². The fraction of sp³-hybridized carbons (Fsp3) is 0.667. The smallest absolute Gasteiger partial charge is 0.242 e. The van der Waals surface area contributed by atoms with Gasteiger partial charge >= 0.3 is 0 Å². The van der Waals surface area contributed by atoms with Gasteiger partial charge in [0.2, 0.25) is 11.2 Å². The highest BCUT2D eigenvalue weighted by Crippen LogP contribution is 1.90. The summed E-state index contributed by atoms with van der Waals surface area (Å²) in [6.45, 7) is 5.47. The van der Waals surface area contributed by atoms with Gasteiger partial charge in [-0.3, -0.25) is 0 Å². The lowest BCUT2D eigenvalue weighted by Gasteiger charge is -2.16. The summed E-state index contributed by atoms with van der Waals surface area (Å²) in [6, 6.07) is 0. The van der Waals surface area contributed by atoms with Crippen LogP contribution in [0, 0.1) is 0 Å². The first-order chi connectivity index (χ1) is 4.76. The Morgan fingerprint density at radius 1 is 1.60 bits per heavy atom. The van der Waals surface area contributed by atoms with Crippen molar-refractivity contribution < 1.29 is 4.79 Å². The zero-order valence-corrected chi connectivity index (χ0v) is 6.94. The van der Waals surface area contributed by atoms with E-state index in [0.717, 1.165) is 13.1 Å². The third-order valence-electron chi connectivity index (χ3n) is 1.18. The van der Waals surface area contributed by atoms with Gasteiger partial charge in [0.15, 0.2) is 0 Å². The van der Waals surface area contributed by atoms with Crippen molar-refractivity contribution in [3.63, 3.8) is 0 Å². The van der Waals surface area contributed by atoms with Crippen LogP contribution in [0.3, 0.4) is 0 Å². The second-order valence-corrected chi connectivity index (χ2v) is 2.02. The highest BCUT2D eigenvalue weighted by atomic mass is 32.1. The molecule has 0 fully saturated rings.